The lowest BCUT2D eigenvalue weighted by Gasteiger charge is -2.26. The highest BCUT2D eigenvalue weighted by atomic mass is 35.5. The van der Waals surface area contributed by atoms with Crippen LogP contribution >= 0.6 is 19.0 Å². The molecule has 5 aromatic carbocycles. The maximum atomic E-state index is 15.5. The van der Waals surface area contributed by atoms with Crippen LogP contribution in [0.25, 0.3) is 11.1 Å². The highest BCUT2D eigenvalue weighted by Gasteiger charge is 2.35. The van der Waals surface area contributed by atoms with Gasteiger partial charge in [-0.1, -0.05) is 71.8 Å². The SMILES string of the molecule is COc1cccc(OC)c1-c1ccccc1[P@@](=O)(Oc1ccc(Cl)cc1[C@@H](C)NS(=O)(=O)c1ccc(C)cc1)c1ccccc1. The lowest BCUT2D eigenvalue weighted by Crippen LogP contribution is -2.28. The molecule has 5 rings (SSSR count). The van der Waals surface area contributed by atoms with Gasteiger partial charge in [0.1, 0.15) is 17.2 Å². The third kappa shape index (κ3) is 6.80. The molecule has 2 atom stereocenters. The third-order valence-electron chi connectivity index (χ3n) is 7.34. The molecule has 0 amide bonds. The van der Waals surface area contributed by atoms with Gasteiger partial charge in [-0.2, -0.15) is 0 Å². The van der Waals surface area contributed by atoms with Crippen molar-refractivity contribution in [3.63, 3.8) is 0 Å². The van der Waals surface area contributed by atoms with Crippen LogP contribution in [0.15, 0.2) is 120 Å². The van der Waals surface area contributed by atoms with Gasteiger partial charge in [0.15, 0.2) is 0 Å². The summed E-state index contributed by atoms with van der Waals surface area (Å²) >= 11 is 6.41. The number of nitrogens with one attached hydrogen (secondary N) is 1. The van der Waals surface area contributed by atoms with Crippen LogP contribution in [-0.2, 0) is 14.6 Å². The zero-order valence-corrected chi connectivity index (χ0v) is 27.7. The van der Waals surface area contributed by atoms with Crippen LogP contribution in [0, 0.1) is 6.92 Å². The lowest BCUT2D eigenvalue weighted by atomic mass is 10.0. The monoisotopic (exact) mass is 661 g/mol. The van der Waals surface area contributed by atoms with Crippen molar-refractivity contribution in [2.45, 2.75) is 24.8 Å². The van der Waals surface area contributed by atoms with Gasteiger partial charge < -0.3 is 14.0 Å². The number of hydrogen-bond acceptors (Lipinski definition) is 6. The molecule has 0 aromatic heterocycles. The van der Waals surface area contributed by atoms with Gasteiger partial charge in [-0.05, 0) is 74.5 Å². The minimum absolute atomic E-state index is 0.124. The number of methoxy groups -OCH3 is 2. The molecule has 7 nitrogen and oxygen atoms in total. The Morgan fingerprint density at radius 1 is 0.756 bits per heavy atom. The van der Waals surface area contributed by atoms with E-state index >= 15 is 4.57 Å². The molecular formula is C35H33ClNO6PS. The van der Waals surface area contributed by atoms with Crippen molar-refractivity contribution in [1.29, 1.82) is 0 Å². The highest BCUT2D eigenvalue weighted by molar-refractivity contribution is 7.89. The van der Waals surface area contributed by atoms with Gasteiger partial charge in [-0.3, -0.25) is 4.57 Å². The summed E-state index contributed by atoms with van der Waals surface area (Å²) in [6, 6.07) is 32.2. The molecule has 1 N–H and O–H groups in total. The molecular weight excluding hydrogens is 629 g/mol. The van der Waals surface area contributed by atoms with Crippen molar-refractivity contribution >= 4 is 39.6 Å². The van der Waals surface area contributed by atoms with E-state index < -0.39 is 23.4 Å². The Labute approximate surface area is 269 Å². The number of ether oxygens (including phenoxy) is 2. The Balaban J connectivity index is 1.65. The highest BCUT2D eigenvalue weighted by Crippen LogP contribution is 2.51. The minimum Gasteiger partial charge on any atom is -0.496 e. The number of halogens is 1. The standard InChI is InChI=1S/C35H33ClNO6PS/c1-24-17-20-28(21-18-24)45(39,40)37-25(2)30-23-26(36)19-22-31(30)43-44(38,27-11-6-5-7-12-27)34-16-9-8-13-29(34)35-32(41-3)14-10-15-33(35)42-4/h5-23,25,37H,1-4H3/t25-,44+/m1/s1. The van der Waals surface area contributed by atoms with E-state index in [1.807, 2.05) is 43.3 Å². The van der Waals surface area contributed by atoms with Crippen molar-refractivity contribution in [3.8, 4) is 28.4 Å². The number of benzene rings is 5. The van der Waals surface area contributed by atoms with E-state index in [1.165, 1.54) is 0 Å². The summed E-state index contributed by atoms with van der Waals surface area (Å²) in [4.78, 5) is 0.124. The number of sulfonamides is 1. The molecule has 0 aliphatic heterocycles. The molecule has 0 fully saturated rings. The first-order chi connectivity index (χ1) is 21.6. The van der Waals surface area contributed by atoms with E-state index in [4.69, 9.17) is 25.6 Å². The second-order valence-electron chi connectivity index (χ2n) is 10.4. The molecule has 0 unspecified atom stereocenters. The number of rotatable bonds is 11. The van der Waals surface area contributed by atoms with Crippen LogP contribution in [-0.4, -0.2) is 22.6 Å². The second kappa shape index (κ2) is 13.5. The fourth-order valence-electron chi connectivity index (χ4n) is 5.08. The molecule has 0 saturated heterocycles. The van der Waals surface area contributed by atoms with Gasteiger partial charge in [-0.25, -0.2) is 13.1 Å². The van der Waals surface area contributed by atoms with E-state index in [-0.39, 0.29) is 10.6 Å². The summed E-state index contributed by atoms with van der Waals surface area (Å²) in [7, 11) is -4.72. The predicted molar refractivity (Wildman–Crippen MR) is 180 cm³/mol. The Morgan fingerprint density at radius 2 is 1.38 bits per heavy atom. The topological polar surface area (TPSA) is 90.9 Å². The average Bonchev–Trinajstić information content (AvgIpc) is 3.05. The second-order valence-corrected chi connectivity index (χ2v) is 14.8. The summed E-state index contributed by atoms with van der Waals surface area (Å²) in [5, 5.41) is 1.22. The zero-order valence-electron chi connectivity index (χ0n) is 25.2. The number of hydrogen-bond donors (Lipinski definition) is 1. The zero-order chi connectivity index (χ0) is 32.2. The van der Waals surface area contributed by atoms with E-state index in [0.717, 1.165) is 5.56 Å². The first-order valence-electron chi connectivity index (χ1n) is 14.1. The summed E-state index contributed by atoms with van der Waals surface area (Å²) in [6.45, 7) is 3.57. The quantitative estimate of drug-likeness (QED) is 0.146. The van der Waals surface area contributed by atoms with Crippen molar-refractivity contribution < 1.29 is 27.0 Å². The first-order valence-corrected chi connectivity index (χ1v) is 17.6. The van der Waals surface area contributed by atoms with Crippen LogP contribution in [0.3, 0.4) is 0 Å². The van der Waals surface area contributed by atoms with E-state index in [2.05, 4.69) is 4.72 Å². The Kier molecular flexibility index (Phi) is 9.70. The predicted octanol–water partition coefficient (Wildman–Crippen LogP) is 7.68. The van der Waals surface area contributed by atoms with E-state index in [9.17, 15) is 8.42 Å². The third-order valence-corrected chi connectivity index (χ3v) is 11.6. The smallest absolute Gasteiger partial charge is 0.307 e. The maximum absolute atomic E-state index is 15.5. The van der Waals surface area contributed by atoms with Crippen LogP contribution in [0.1, 0.15) is 24.1 Å². The van der Waals surface area contributed by atoms with Gasteiger partial charge in [0, 0.05) is 22.2 Å². The summed E-state index contributed by atoms with van der Waals surface area (Å²) in [5.41, 5.74) is 2.58. The maximum Gasteiger partial charge on any atom is 0.307 e. The fraction of sp³-hybridized carbons (Fsp3) is 0.143. The van der Waals surface area contributed by atoms with Crippen molar-refractivity contribution in [3.05, 3.63) is 131 Å². The Hall–Kier alpha value is -4.07. The number of aryl methyl sites for hydroxylation is 1. The molecule has 10 heteroatoms. The molecule has 0 saturated carbocycles. The molecule has 0 aliphatic rings. The molecule has 5 aromatic rings. The first kappa shape index (κ1) is 32.3. The van der Waals surface area contributed by atoms with Crippen molar-refractivity contribution in [2.24, 2.45) is 0 Å². The Bertz CT molecular complexity index is 1940. The van der Waals surface area contributed by atoms with Gasteiger partial charge in [0.2, 0.25) is 10.0 Å². The summed E-state index contributed by atoms with van der Waals surface area (Å²) in [5.74, 6) is 1.29. The molecule has 232 valence electrons. The Morgan fingerprint density at radius 3 is 2.02 bits per heavy atom. The van der Waals surface area contributed by atoms with Crippen molar-refractivity contribution in [1.82, 2.24) is 4.72 Å². The molecule has 0 spiro atoms. The van der Waals surface area contributed by atoms with E-state index in [0.29, 0.717) is 43.8 Å². The molecule has 0 aliphatic carbocycles. The lowest BCUT2D eigenvalue weighted by molar-refractivity contribution is 0.397. The van der Waals surface area contributed by atoms with Gasteiger partial charge in [0.25, 0.3) is 0 Å². The van der Waals surface area contributed by atoms with Gasteiger partial charge in [-0.15, -0.1) is 0 Å². The average molecular weight is 662 g/mol. The fourth-order valence-corrected chi connectivity index (χ4v) is 8.76. The molecule has 0 bridgehead atoms. The minimum atomic E-state index is -3.94. The summed E-state index contributed by atoms with van der Waals surface area (Å²) in [6.07, 6.45) is 0. The molecule has 0 radical (unpaired) electrons. The van der Waals surface area contributed by atoms with Crippen LogP contribution in [0.5, 0.6) is 17.2 Å². The van der Waals surface area contributed by atoms with Crippen LogP contribution in [0.4, 0.5) is 0 Å². The van der Waals surface area contributed by atoms with Crippen molar-refractivity contribution in [2.75, 3.05) is 14.2 Å². The largest absolute Gasteiger partial charge is 0.496 e. The molecule has 0 heterocycles. The van der Waals surface area contributed by atoms with Crippen LogP contribution < -0.4 is 29.3 Å². The molecule has 45 heavy (non-hydrogen) atoms. The normalized spacial score (nSPS) is 13.4. The summed E-state index contributed by atoms with van der Waals surface area (Å²) < 4.78 is 62.8. The van der Waals surface area contributed by atoms with Crippen LogP contribution in [0.2, 0.25) is 5.02 Å². The van der Waals surface area contributed by atoms with Gasteiger partial charge >= 0.3 is 7.37 Å². The van der Waals surface area contributed by atoms with Gasteiger partial charge in [0.05, 0.1) is 35.3 Å². The van der Waals surface area contributed by atoms with E-state index in [1.54, 1.807) is 100 Å².